The third-order valence-corrected chi connectivity index (χ3v) is 6.17. The van der Waals surface area contributed by atoms with Gasteiger partial charge in [-0.1, -0.05) is 96.1 Å². The highest BCUT2D eigenvalue weighted by Gasteiger charge is 2.15. The summed E-state index contributed by atoms with van der Waals surface area (Å²) < 4.78 is 2.12. The van der Waals surface area contributed by atoms with Crippen LogP contribution < -0.4 is 17.0 Å². The highest BCUT2D eigenvalue weighted by atomic mass is 35.5. The van der Waals surface area contributed by atoms with Crippen LogP contribution in [0.15, 0.2) is 18.3 Å². The summed E-state index contributed by atoms with van der Waals surface area (Å²) in [7, 11) is 2.06. The van der Waals surface area contributed by atoms with Crippen LogP contribution in [0.4, 0.5) is 0 Å². The molecule has 0 aromatic carbocycles. The zero-order chi connectivity index (χ0) is 21.9. The first-order valence-corrected chi connectivity index (χ1v) is 13.1. The summed E-state index contributed by atoms with van der Waals surface area (Å²) in [5.74, 6) is 1.23. The summed E-state index contributed by atoms with van der Waals surface area (Å²) in [6.07, 6.45) is 30.8. The van der Waals surface area contributed by atoms with E-state index in [4.69, 9.17) is 0 Å². The molecule has 31 heavy (non-hydrogen) atoms. The number of rotatable bonds is 20. The fourth-order valence-corrected chi connectivity index (χ4v) is 4.10. The summed E-state index contributed by atoms with van der Waals surface area (Å²) in [4.78, 5) is 3.35. The topological polar surface area (TPSA) is 39.9 Å². The summed E-state index contributed by atoms with van der Waals surface area (Å²) in [5, 5.41) is 9.65. The summed E-state index contributed by atoms with van der Waals surface area (Å²) in [5.41, 5.74) is 0.916. The molecule has 0 saturated heterocycles. The van der Waals surface area contributed by atoms with Crippen molar-refractivity contribution in [2.75, 3.05) is 0 Å². The minimum atomic E-state index is -0.412. The maximum Gasteiger partial charge on any atom is 0.254 e. The standard InChI is InChI=1S/C27H50N2O.ClH/c1-4-5-6-7-8-9-10-11-12-13-14-15-16-17-18-19-20-21-22-23-27-28-26(25(2)30)24-29(27)3;/h13-14,24-25,30H,4-12,15-23H2,1-3H3;1H. The highest BCUT2D eigenvalue weighted by Crippen LogP contribution is 2.13. The molecular formula is C27H51ClN2O. The highest BCUT2D eigenvalue weighted by molar-refractivity contribution is 4.97. The van der Waals surface area contributed by atoms with Crippen LogP contribution in [0, 0.1) is 0 Å². The van der Waals surface area contributed by atoms with Crippen molar-refractivity contribution in [2.24, 2.45) is 7.05 Å². The van der Waals surface area contributed by atoms with E-state index < -0.39 is 6.10 Å². The number of aromatic amines is 1. The second-order valence-corrected chi connectivity index (χ2v) is 9.19. The number of aromatic nitrogens is 2. The minimum Gasteiger partial charge on any atom is -1.00 e. The van der Waals surface area contributed by atoms with E-state index in [0.717, 1.165) is 12.1 Å². The van der Waals surface area contributed by atoms with Crippen molar-refractivity contribution >= 4 is 0 Å². The molecule has 4 heteroatoms. The maximum atomic E-state index is 9.65. The molecule has 0 aliphatic rings. The minimum absolute atomic E-state index is 0. The SMILES string of the molecule is CCCCCCCCCCC=CCCCCCCCCCc1[nH]c(C(C)O)c[n+]1C.[Cl-]. The van der Waals surface area contributed by atoms with Gasteiger partial charge in [-0.2, -0.15) is 0 Å². The Bertz CT molecular complexity index is 539. The molecule has 3 nitrogen and oxygen atoms in total. The van der Waals surface area contributed by atoms with Gasteiger partial charge in [-0.15, -0.1) is 0 Å². The van der Waals surface area contributed by atoms with Crippen molar-refractivity contribution in [3.63, 3.8) is 0 Å². The molecule has 0 aliphatic carbocycles. The van der Waals surface area contributed by atoms with E-state index in [1.807, 2.05) is 13.1 Å². The van der Waals surface area contributed by atoms with Crippen molar-refractivity contribution in [1.82, 2.24) is 4.98 Å². The van der Waals surface area contributed by atoms with E-state index in [1.54, 1.807) is 0 Å². The lowest BCUT2D eigenvalue weighted by Crippen LogP contribution is -3.00. The molecule has 1 aromatic heterocycles. The molecule has 1 atom stereocenters. The number of imidazole rings is 1. The molecule has 0 bridgehead atoms. The number of unbranched alkanes of at least 4 members (excludes halogenated alkanes) is 15. The number of H-pyrrole nitrogens is 1. The van der Waals surface area contributed by atoms with Crippen molar-refractivity contribution in [2.45, 2.75) is 136 Å². The van der Waals surface area contributed by atoms with Gasteiger partial charge in [0.05, 0.1) is 7.05 Å². The molecule has 0 amide bonds. The number of aryl methyl sites for hydroxylation is 2. The number of allylic oxidation sites excluding steroid dienone is 2. The van der Waals surface area contributed by atoms with E-state index in [-0.39, 0.29) is 12.4 Å². The molecule has 1 rings (SSSR count). The summed E-state index contributed by atoms with van der Waals surface area (Å²) in [6.45, 7) is 4.10. The quantitative estimate of drug-likeness (QED) is 0.168. The molecule has 1 heterocycles. The number of nitrogens with one attached hydrogen (secondary N) is 1. The van der Waals surface area contributed by atoms with Crippen LogP contribution in [0.2, 0.25) is 0 Å². The fraction of sp³-hybridized carbons (Fsp3) is 0.815. The van der Waals surface area contributed by atoms with Gasteiger partial charge in [0, 0.05) is 6.42 Å². The van der Waals surface area contributed by atoms with Crippen LogP contribution in [0.25, 0.3) is 0 Å². The molecular weight excluding hydrogens is 404 g/mol. The number of aliphatic hydroxyl groups is 1. The number of hydrogen-bond donors (Lipinski definition) is 2. The van der Waals surface area contributed by atoms with Gasteiger partial charge in [0.25, 0.3) is 5.82 Å². The Morgan fingerprint density at radius 1 is 0.806 bits per heavy atom. The second kappa shape index (κ2) is 21.1. The lowest BCUT2D eigenvalue weighted by molar-refractivity contribution is -0.678. The fourth-order valence-electron chi connectivity index (χ4n) is 4.10. The second-order valence-electron chi connectivity index (χ2n) is 9.19. The monoisotopic (exact) mass is 454 g/mol. The lowest BCUT2D eigenvalue weighted by Gasteiger charge is -2.01. The molecule has 0 spiro atoms. The zero-order valence-electron chi connectivity index (χ0n) is 20.8. The Morgan fingerprint density at radius 3 is 1.71 bits per heavy atom. The van der Waals surface area contributed by atoms with E-state index in [1.165, 1.54) is 115 Å². The Hall–Kier alpha value is -0.800. The van der Waals surface area contributed by atoms with Gasteiger partial charge in [-0.05, 0) is 39.0 Å². The Labute approximate surface area is 199 Å². The van der Waals surface area contributed by atoms with E-state index in [9.17, 15) is 5.11 Å². The van der Waals surface area contributed by atoms with E-state index in [2.05, 4.69) is 35.7 Å². The molecule has 1 aromatic rings. The van der Waals surface area contributed by atoms with Crippen LogP contribution in [-0.4, -0.2) is 10.1 Å². The Balaban J connectivity index is 0.00000900. The molecule has 182 valence electrons. The number of aliphatic hydroxyl groups excluding tert-OH is 1. The van der Waals surface area contributed by atoms with Crippen LogP contribution in [0.3, 0.4) is 0 Å². The van der Waals surface area contributed by atoms with Crippen LogP contribution in [0.1, 0.15) is 141 Å². The number of nitrogens with zero attached hydrogens (tertiary/aromatic N) is 1. The first kappa shape index (κ1) is 30.2. The van der Waals surface area contributed by atoms with Gasteiger partial charge in [0.1, 0.15) is 12.3 Å². The number of halogens is 1. The van der Waals surface area contributed by atoms with Gasteiger partial charge < -0.3 is 17.5 Å². The van der Waals surface area contributed by atoms with Gasteiger partial charge in [0.2, 0.25) is 0 Å². The smallest absolute Gasteiger partial charge is 0.254 e. The Kier molecular flexibility index (Phi) is 20.5. The summed E-state index contributed by atoms with van der Waals surface area (Å²) >= 11 is 0. The first-order chi connectivity index (χ1) is 14.6. The molecule has 0 saturated carbocycles. The normalized spacial score (nSPS) is 12.4. The zero-order valence-corrected chi connectivity index (χ0v) is 21.6. The van der Waals surface area contributed by atoms with Crippen LogP contribution in [0.5, 0.6) is 0 Å². The van der Waals surface area contributed by atoms with Crippen LogP contribution in [-0.2, 0) is 13.5 Å². The van der Waals surface area contributed by atoms with Crippen LogP contribution >= 0.6 is 0 Å². The van der Waals surface area contributed by atoms with E-state index >= 15 is 0 Å². The molecule has 0 radical (unpaired) electrons. The van der Waals surface area contributed by atoms with Gasteiger partial charge >= 0.3 is 0 Å². The van der Waals surface area contributed by atoms with Crippen molar-refractivity contribution < 1.29 is 22.1 Å². The van der Waals surface area contributed by atoms with Gasteiger partial charge in [0.15, 0.2) is 5.69 Å². The van der Waals surface area contributed by atoms with Gasteiger partial charge in [-0.3, -0.25) is 0 Å². The van der Waals surface area contributed by atoms with Crippen molar-refractivity contribution in [3.8, 4) is 0 Å². The third kappa shape index (κ3) is 16.5. The molecule has 1 unspecified atom stereocenters. The lowest BCUT2D eigenvalue weighted by atomic mass is 10.1. The van der Waals surface area contributed by atoms with Gasteiger partial charge in [-0.25, -0.2) is 9.55 Å². The average molecular weight is 455 g/mol. The van der Waals surface area contributed by atoms with Crippen molar-refractivity contribution in [1.29, 1.82) is 0 Å². The summed E-state index contributed by atoms with van der Waals surface area (Å²) in [6, 6.07) is 0. The average Bonchev–Trinajstić information content (AvgIpc) is 3.10. The predicted molar refractivity (Wildman–Crippen MR) is 130 cm³/mol. The molecule has 0 aliphatic heterocycles. The first-order valence-electron chi connectivity index (χ1n) is 13.1. The largest absolute Gasteiger partial charge is 1.00 e. The predicted octanol–water partition coefficient (Wildman–Crippen LogP) is 4.65. The van der Waals surface area contributed by atoms with Crippen molar-refractivity contribution in [3.05, 3.63) is 29.9 Å². The molecule has 0 fully saturated rings. The maximum absolute atomic E-state index is 9.65. The molecule has 2 N–H and O–H groups in total. The Morgan fingerprint density at radius 2 is 1.26 bits per heavy atom. The third-order valence-electron chi connectivity index (χ3n) is 6.17. The number of hydrogen-bond acceptors (Lipinski definition) is 1. The van der Waals surface area contributed by atoms with E-state index in [0.29, 0.717) is 0 Å².